The van der Waals surface area contributed by atoms with Crippen molar-refractivity contribution in [2.75, 3.05) is 0 Å². The molecule has 0 aliphatic rings. The predicted octanol–water partition coefficient (Wildman–Crippen LogP) is 8.15. The van der Waals surface area contributed by atoms with Gasteiger partial charge in [-0.15, -0.1) is 0 Å². The molecule has 7 heteroatoms. The molecule has 0 amide bonds. The molecule has 5 aromatic carbocycles. The molecule has 196 valence electrons. The molecule has 0 fully saturated rings. The number of furan rings is 1. The minimum atomic E-state index is 0.523. The Hall–Kier alpha value is -5.95. The average Bonchev–Trinajstić information content (AvgIpc) is 3.62. The van der Waals surface area contributed by atoms with Crippen LogP contribution in [0.2, 0.25) is 0 Å². The Morgan fingerprint density at radius 2 is 1.26 bits per heavy atom. The van der Waals surface area contributed by atoms with Crippen molar-refractivity contribution in [3.05, 3.63) is 122 Å². The van der Waals surface area contributed by atoms with E-state index < -0.39 is 0 Å². The van der Waals surface area contributed by atoms with Crippen LogP contribution in [0.4, 0.5) is 0 Å². The first-order valence-electron chi connectivity index (χ1n) is 13.7. The molecule has 0 bridgehead atoms. The van der Waals surface area contributed by atoms with E-state index in [2.05, 4.69) is 44.9 Å². The highest BCUT2D eigenvalue weighted by atomic mass is 16.3. The van der Waals surface area contributed by atoms with Crippen molar-refractivity contribution in [3.8, 4) is 28.7 Å². The smallest absolute Gasteiger partial charge is 0.238 e. The van der Waals surface area contributed by atoms with Gasteiger partial charge in [0.15, 0.2) is 17.2 Å². The molecule has 0 saturated heterocycles. The van der Waals surface area contributed by atoms with Crippen molar-refractivity contribution in [2.45, 2.75) is 0 Å². The van der Waals surface area contributed by atoms with E-state index in [9.17, 15) is 0 Å². The summed E-state index contributed by atoms with van der Waals surface area (Å²) in [5, 5.41) is 5.08. The summed E-state index contributed by atoms with van der Waals surface area (Å²) < 4.78 is 8.75. The lowest BCUT2D eigenvalue weighted by Gasteiger charge is -2.11. The van der Waals surface area contributed by atoms with Crippen LogP contribution in [0.3, 0.4) is 0 Å². The number of fused-ring (bicyclic) bond motifs is 9. The SMILES string of the molecule is c1ccc(-c2nc(-c3ccccc3)nc(-n3c4ccccc4c4ccc5c(oc6ccc7ncncc7c65)c43)n2)cc1. The van der Waals surface area contributed by atoms with E-state index in [0.29, 0.717) is 17.6 Å². The highest BCUT2D eigenvalue weighted by molar-refractivity contribution is 6.25. The Balaban J connectivity index is 1.44. The first kappa shape index (κ1) is 22.8. The predicted molar refractivity (Wildman–Crippen MR) is 165 cm³/mol. The highest BCUT2D eigenvalue weighted by Crippen LogP contribution is 2.41. The minimum absolute atomic E-state index is 0.523. The Labute approximate surface area is 238 Å². The van der Waals surface area contributed by atoms with Gasteiger partial charge in [0, 0.05) is 44.3 Å². The third-order valence-electron chi connectivity index (χ3n) is 7.81. The van der Waals surface area contributed by atoms with Crippen LogP contribution >= 0.6 is 0 Å². The molecule has 0 atom stereocenters. The fraction of sp³-hybridized carbons (Fsp3) is 0. The van der Waals surface area contributed by atoms with Gasteiger partial charge in [-0.2, -0.15) is 9.97 Å². The Bertz CT molecular complexity index is 2410. The second-order valence-electron chi connectivity index (χ2n) is 10.2. The van der Waals surface area contributed by atoms with Crippen LogP contribution in [-0.4, -0.2) is 29.5 Å². The maximum absolute atomic E-state index is 6.65. The quantitative estimate of drug-likeness (QED) is 0.225. The summed E-state index contributed by atoms with van der Waals surface area (Å²) in [5.74, 6) is 1.73. The molecule has 0 aliphatic heterocycles. The third-order valence-corrected chi connectivity index (χ3v) is 7.81. The number of para-hydroxylation sites is 1. The van der Waals surface area contributed by atoms with Gasteiger partial charge >= 0.3 is 0 Å². The lowest BCUT2D eigenvalue weighted by Crippen LogP contribution is -2.06. The molecule has 4 aromatic heterocycles. The number of benzene rings is 5. The van der Waals surface area contributed by atoms with E-state index in [0.717, 1.165) is 65.8 Å². The molecule has 7 nitrogen and oxygen atoms in total. The normalized spacial score (nSPS) is 11.8. The molecule has 9 rings (SSSR count). The first-order valence-corrected chi connectivity index (χ1v) is 13.7. The van der Waals surface area contributed by atoms with E-state index >= 15 is 0 Å². The fourth-order valence-corrected chi connectivity index (χ4v) is 5.94. The lowest BCUT2D eigenvalue weighted by atomic mass is 10.1. The van der Waals surface area contributed by atoms with Gasteiger partial charge in [-0.25, -0.2) is 15.0 Å². The van der Waals surface area contributed by atoms with E-state index in [1.807, 2.05) is 85.1 Å². The molecule has 4 heterocycles. The molecule has 0 radical (unpaired) electrons. The molecule has 0 saturated carbocycles. The summed E-state index contributed by atoms with van der Waals surface area (Å²) in [7, 11) is 0. The summed E-state index contributed by atoms with van der Waals surface area (Å²) in [4.78, 5) is 23.8. The van der Waals surface area contributed by atoms with Crippen LogP contribution in [0.5, 0.6) is 0 Å². The van der Waals surface area contributed by atoms with Gasteiger partial charge in [0.25, 0.3) is 0 Å². The number of rotatable bonds is 3. The fourth-order valence-electron chi connectivity index (χ4n) is 5.94. The van der Waals surface area contributed by atoms with Crippen LogP contribution in [0.15, 0.2) is 126 Å². The van der Waals surface area contributed by atoms with Crippen molar-refractivity contribution in [3.63, 3.8) is 0 Å². The number of aromatic nitrogens is 6. The number of hydrogen-bond donors (Lipinski definition) is 0. The summed E-state index contributed by atoms with van der Waals surface area (Å²) >= 11 is 0. The molecule has 0 aliphatic carbocycles. The Kier molecular flexibility index (Phi) is 4.77. The van der Waals surface area contributed by atoms with Gasteiger partial charge in [-0.3, -0.25) is 4.57 Å². The van der Waals surface area contributed by atoms with E-state index in [1.54, 1.807) is 6.33 Å². The van der Waals surface area contributed by atoms with Gasteiger partial charge in [0.05, 0.1) is 11.0 Å². The lowest BCUT2D eigenvalue weighted by molar-refractivity contribution is 0.671. The third kappa shape index (κ3) is 3.31. The van der Waals surface area contributed by atoms with Crippen molar-refractivity contribution >= 4 is 54.6 Å². The van der Waals surface area contributed by atoms with Crippen molar-refractivity contribution < 1.29 is 4.42 Å². The summed E-state index contributed by atoms with van der Waals surface area (Å²) in [6.07, 6.45) is 3.42. The van der Waals surface area contributed by atoms with Crippen LogP contribution in [0.1, 0.15) is 0 Å². The maximum Gasteiger partial charge on any atom is 0.238 e. The number of nitrogens with zero attached hydrogens (tertiary/aromatic N) is 6. The number of hydrogen-bond acceptors (Lipinski definition) is 6. The topological polar surface area (TPSA) is 82.5 Å². The van der Waals surface area contributed by atoms with Gasteiger partial charge < -0.3 is 4.42 Å². The van der Waals surface area contributed by atoms with E-state index in [-0.39, 0.29) is 0 Å². The summed E-state index contributed by atoms with van der Waals surface area (Å²) in [6.45, 7) is 0. The van der Waals surface area contributed by atoms with Gasteiger partial charge in [0.2, 0.25) is 5.95 Å². The molecule has 0 N–H and O–H groups in total. The molecular formula is C35H20N6O. The molecule has 9 aromatic rings. The van der Waals surface area contributed by atoms with E-state index in [1.165, 1.54) is 0 Å². The zero-order valence-corrected chi connectivity index (χ0v) is 22.1. The second-order valence-corrected chi connectivity index (χ2v) is 10.2. The largest absolute Gasteiger partial charge is 0.454 e. The Morgan fingerprint density at radius 3 is 2.02 bits per heavy atom. The van der Waals surface area contributed by atoms with Crippen molar-refractivity contribution in [1.82, 2.24) is 29.5 Å². The van der Waals surface area contributed by atoms with Crippen LogP contribution < -0.4 is 0 Å². The maximum atomic E-state index is 6.65. The van der Waals surface area contributed by atoms with E-state index in [4.69, 9.17) is 19.4 Å². The summed E-state index contributed by atoms with van der Waals surface area (Å²) in [5.41, 5.74) is 6.13. The van der Waals surface area contributed by atoms with Crippen LogP contribution in [0, 0.1) is 0 Å². The summed E-state index contributed by atoms with van der Waals surface area (Å²) in [6, 6.07) is 36.6. The zero-order chi connectivity index (χ0) is 27.6. The molecular weight excluding hydrogens is 520 g/mol. The van der Waals surface area contributed by atoms with Gasteiger partial charge in [0.1, 0.15) is 17.4 Å². The van der Waals surface area contributed by atoms with Gasteiger partial charge in [-0.1, -0.05) is 84.9 Å². The first-order chi connectivity index (χ1) is 20.8. The Morgan fingerprint density at radius 1 is 0.571 bits per heavy atom. The monoisotopic (exact) mass is 540 g/mol. The highest BCUT2D eigenvalue weighted by Gasteiger charge is 2.22. The molecule has 0 unspecified atom stereocenters. The molecule has 0 spiro atoms. The zero-order valence-electron chi connectivity index (χ0n) is 22.1. The van der Waals surface area contributed by atoms with Crippen LogP contribution in [0.25, 0.3) is 83.4 Å². The van der Waals surface area contributed by atoms with Crippen LogP contribution in [-0.2, 0) is 0 Å². The second kappa shape index (κ2) is 8.78. The molecule has 42 heavy (non-hydrogen) atoms. The van der Waals surface area contributed by atoms with Gasteiger partial charge in [-0.05, 0) is 24.3 Å². The van der Waals surface area contributed by atoms with Crippen molar-refractivity contribution in [1.29, 1.82) is 0 Å². The minimum Gasteiger partial charge on any atom is -0.454 e. The van der Waals surface area contributed by atoms with Crippen molar-refractivity contribution in [2.24, 2.45) is 0 Å². The average molecular weight is 541 g/mol. The standard InChI is InChI=1S/C35H20N6O/c1-3-9-21(10-4-1)33-38-34(22-11-5-2-6-12-22)40-35(39-33)41-28-14-8-7-13-23(28)24-15-16-25-30-26-19-36-20-37-27(26)17-18-29(30)42-32(25)31(24)41/h1-20H.